The molecule has 20 heavy (non-hydrogen) atoms. The van der Waals surface area contributed by atoms with Crippen LogP contribution in [0.5, 0.6) is 0 Å². The van der Waals surface area contributed by atoms with E-state index < -0.39 is 0 Å². The molecular formula is C16H17ClN2O. The number of halogens is 1. The standard InChI is InChI=1S/C16H17ClN2O/c1-11-6-5-8-13(15(11)17)16(20)19-14-9-4-3-7-12(14)10-18-2/h3-9,18H,10H2,1-2H3,(H,19,20). The average molecular weight is 289 g/mol. The van der Waals surface area contributed by atoms with Crippen molar-refractivity contribution in [1.29, 1.82) is 0 Å². The highest BCUT2D eigenvalue weighted by Crippen LogP contribution is 2.22. The van der Waals surface area contributed by atoms with Gasteiger partial charge >= 0.3 is 0 Å². The molecule has 0 fully saturated rings. The molecule has 2 rings (SSSR count). The second-order valence-electron chi connectivity index (χ2n) is 4.58. The zero-order valence-corrected chi connectivity index (χ0v) is 12.3. The minimum atomic E-state index is -0.192. The maximum Gasteiger partial charge on any atom is 0.257 e. The number of benzene rings is 2. The third kappa shape index (κ3) is 3.18. The summed E-state index contributed by atoms with van der Waals surface area (Å²) in [4.78, 5) is 12.3. The Bertz CT molecular complexity index is 626. The van der Waals surface area contributed by atoms with Crippen LogP contribution < -0.4 is 10.6 Å². The molecule has 0 atom stereocenters. The molecule has 0 unspecified atom stereocenters. The number of anilines is 1. The van der Waals surface area contributed by atoms with Crippen molar-refractivity contribution in [1.82, 2.24) is 5.32 Å². The van der Waals surface area contributed by atoms with Crippen LogP contribution in [0.25, 0.3) is 0 Å². The Balaban J connectivity index is 2.26. The Labute approximate surface area is 124 Å². The summed E-state index contributed by atoms with van der Waals surface area (Å²) < 4.78 is 0. The molecule has 0 aliphatic rings. The zero-order chi connectivity index (χ0) is 14.5. The fourth-order valence-corrected chi connectivity index (χ4v) is 2.21. The topological polar surface area (TPSA) is 41.1 Å². The van der Waals surface area contributed by atoms with Crippen LogP contribution in [0.15, 0.2) is 42.5 Å². The molecule has 0 bridgehead atoms. The highest BCUT2D eigenvalue weighted by atomic mass is 35.5. The number of carbonyl (C=O) groups excluding carboxylic acids is 1. The lowest BCUT2D eigenvalue weighted by molar-refractivity contribution is 0.102. The Morgan fingerprint density at radius 3 is 2.65 bits per heavy atom. The second kappa shape index (κ2) is 6.55. The Morgan fingerprint density at radius 2 is 1.90 bits per heavy atom. The van der Waals surface area contributed by atoms with Crippen LogP contribution in [-0.4, -0.2) is 13.0 Å². The minimum Gasteiger partial charge on any atom is -0.322 e. The van der Waals surface area contributed by atoms with E-state index in [1.54, 1.807) is 6.07 Å². The lowest BCUT2D eigenvalue weighted by atomic mass is 10.1. The summed E-state index contributed by atoms with van der Waals surface area (Å²) in [5.74, 6) is -0.192. The molecule has 1 amide bonds. The fourth-order valence-electron chi connectivity index (χ4n) is 2.00. The van der Waals surface area contributed by atoms with Crippen LogP contribution in [0.3, 0.4) is 0 Å². The van der Waals surface area contributed by atoms with Crippen molar-refractivity contribution in [3.8, 4) is 0 Å². The summed E-state index contributed by atoms with van der Waals surface area (Å²) in [6.07, 6.45) is 0. The van der Waals surface area contributed by atoms with Crippen LogP contribution >= 0.6 is 11.6 Å². The molecule has 0 radical (unpaired) electrons. The molecule has 0 aliphatic heterocycles. The van der Waals surface area contributed by atoms with Crippen LogP contribution in [-0.2, 0) is 6.54 Å². The first-order valence-corrected chi connectivity index (χ1v) is 6.80. The van der Waals surface area contributed by atoms with E-state index >= 15 is 0 Å². The van der Waals surface area contributed by atoms with E-state index in [0.29, 0.717) is 17.1 Å². The van der Waals surface area contributed by atoms with Gasteiger partial charge in [-0.05, 0) is 37.2 Å². The van der Waals surface area contributed by atoms with Crippen LogP contribution in [0.1, 0.15) is 21.5 Å². The first-order valence-electron chi connectivity index (χ1n) is 6.42. The van der Waals surface area contributed by atoms with E-state index in [0.717, 1.165) is 16.8 Å². The fraction of sp³-hybridized carbons (Fsp3) is 0.188. The summed E-state index contributed by atoms with van der Waals surface area (Å²) in [7, 11) is 1.87. The van der Waals surface area contributed by atoms with Gasteiger partial charge in [0.25, 0.3) is 5.91 Å². The monoisotopic (exact) mass is 288 g/mol. The molecule has 0 saturated heterocycles. The predicted molar refractivity (Wildman–Crippen MR) is 83.3 cm³/mol. The van der Waals surface area contributed by atoms with Crippen molar-refractivity contribution >= 4 is 23.2 Å². The van der Waals surface area contributed by atoms with Gasteiger partial charge in [0.15, 0.2) is 0 Å². The first kappa shape index (κ1) is 14.6. The van der Waals surface area contributed by atoms with Gasteiger partial charge in [-0.3, -0.25) is 4.79 Å². The summed E-state index contributed by atoms with van der Waals surface area (Å²) in [6, 6.07) is 13.1. The van der Waals surface area contributed by atoms with Gasteiger partial charge in [0.05, 0.1) is 10.6 Å². The molecule has 2 N–H and O–H groups in total. The Morgan fingerprint density at radius 1 is 1.15 bits per heavy atom. The number of hydrogen-bond acceptors (Lipinski definition) is 2. The Kier molecular flexibility index (Phi) is 4.77. The normalized spacial score (nSPS) is 10.3. The maximum absolute atomic E-state index is 12.3. The van der Waals surface area contributed by atoms with Gasteiger partial charge in [0.1, 0.15) is 0 Å². The first-order chi connectivity index (χ1) is 9.63. The molecule has 2 aromatic rings. The molecule has 104 valence electrons. The zero-order valence-electron chi connectivity index (χ0n) is 11.5. The average Bonchev–Trinajstić information content (AvgIpc) is 2.44. The van der Waals surface area contributed by atoms with Crippen LogP contribution in [0.4, 0.5) is 5.69 Å². The van der Waals surface area contributed by atoms with E-state index in [1.165, 1.54) is 0 Å². The molecule has 0 aliphatic carbocycles. The number of rotatable bonds is 4. The third-order valence-electron chi connectivity index (χ3n) is 3.07. The van der Waals surface area contributed by atoms with Crippen molar-refractivity contribution in [3.05, 3.63) is 64.2 Å². The van der Waals surface area contributed by atoms with Crippen molar-refractivity contribution in [2.24, 2.45) is 0 Å². The minimum absolute atomic E-state index is 0.192. The van der Waals surface area contributed by atoms with Gasteiger partial charge in [-0.25, -0.2) is 0 Å². The number of aryl methyl sites for hydroxylation is 1. The van der Waals surface area contributed by atoms with Gasteiger partial charge < -0.3 is 10.6 Å². The van der Waals surface area contributed by atoms with Crippen molar-refractivity contribution in [2.45, 2.75) is 13.5 Å². The lowest BCUT2D eigenvalue weighted by Crippen LogP contribution is -2.16. The van der Waals surface area contributed by atoms with E-state index in [4.69, 9.17) is 11.6 Å². The molecule has 0 saturated carbocycles. The number of hydrogen-bond donors (Lipinski definition) is 2. The van der Waals surface area contributed by atoms with Crippen LogP contribution in [0, 0.1) is 6.92 Å². The SMILES string of the molecule is CNCc1ccccc1NC(=O)c1cccc(C)c1Cl. The highest BCUT2D eigenvalue weighted by molar-refractivity contribution is 6.35. The van der Waals surface area contributed by atoms with E-state index in [-0.39, 0.29) is 5.91 Å². The van der Waals surface area contributed by atoms with Gasteiger partial charge in [0, 0.05) is 12.2 Å². The lowest BCUT2D eigenvalue weighted by Gasteiger charge is -2.12. The van der Waals surface area contributed by atoms with E-state index in [2.05, 4.69) is 10.6 Å². The quantitative estimate of drug-likeness (QED) is 0.902. The smallest absolute Gasteiger partial charge is 0.257 e. The van der Waals surface area contributed by atoms with Crippen molar-refractivity contribution in [2.75, 3.05) is 12.4 Å². The number of amides is 1. The third-order valence-corrected chi connectivity index (χ3v) is 3.57. The van der Waals surface area contributed by atoms with E-state index in [1.807, 2.05) is 50.4 Å². The molecule has 4 heteroatoms. The van der Waals surface area contributed by atoms with Crippen LogP contribution in [0.2, 0.25) is 5.02 Å². The van der Waals surface area contributed by atoms with Gasteiger partial charge in [-0.1, -0.05) is 41.9 Å². The summed E-state index contributed by atoms with van der Waals surface area (Å²) in [5.41, 5.74) is 3.21. The van der Waals surface area contributed by atoms with Crippen molar-refractivity contribution < 1.29 is 4.79 Å². The van der Waals surface area contributed by atoms with Gasteiger partial charge in [0.2, 0.25) is 0 Å². The summed E-state index contributed by atoms with van der Waals surface area (Å²) in [5, 5.41) is 6.49. The molecular weight excluding hydrogens is 272 g/mol. The summed E-state index contributed by atoms with van der Waals surface area (Å²) in [6.45, 7) is 2.58. The molecule has 3 nitrogen and oxygen atoms in total. The molecule has 2 aromatic carbocycles. The maximum atomic E-state index is 12.3. The molecule has 0 aromatic heterocycles. The predicted octanol–water partition coefficient (Wildman–Crippen LogP) is 3.62. The largest absolute Gasteiger partial charge is 0.322 e. The second-order valence-corrected chi connectivity index (χ2v) is 4.96. The van der Waals surface area contributed by atoms with Gasteiger partial charge in [-0.2, -0.15) is 0 Å². The molecule has 0 spiro atoms. The number of nitrogens with one attached hydrogen (secondary N) is 2. The Hall–Kier alpha value is -1.84. The van der Waals surface area contributed by atoms with E-state index in [9.17, 15) is 4.79 Å². The van der Waals surface area contributed by atoms with Crippen molar-refractivity contribution in [3.63, 3.8) is 0 Å². The number of carbonyl (C=O) groups is 1. The number of para-hydroxylation sites is 1. The van der Waals surface area contributed by atoms with Gasteiger partial charge in [-0.15, -0.1) is 0 Å². The highest BCUT2D eigenvalue weighted by Gasteiger charge is 2.13. The molecule has 0 heterocycles. The summed E-state index contributed by atoms with van der Waals surface area (Å²) >= 11 is 6.18.